The number of benzene rings is 1. The summed E-state index contributed by atoms with van der Waals surface area (Å²) < 4.78 is 0. The molecule has 0 radical (unpaired) electrons. The molecule has 0 aliphatic carbocycles. The number of amides is 2. The van der Waals surface area contributed by atoms with E-state index in [2.05, 4.69) is 10.6 Å². The van der Waals surface area contributed by atoms with Crippen molar-refractivity contribution in [2.24, 2.45) is 5.41 Å². The molecule has 1 aromatic carbocycles. The molecular weight excluding hydrogens is 272 g/mol. The zero-order valence-electron chi connectivity index (χ0n) is 12.4. The summed E-state index contributed by atoms with van der Waals surface area (Å²) >= 11 is 0. The molecule has 1 aromatic rings. The minimum absolute atomic E-state index is 0.0894. The number of carboxylic acids is 1. The summed E-state index contributed by atoms with van der Waals surface area (Å²) in [6, 6.07) is 6.72. The Morgan fingerprint density at radius 2 is 1.62 bits per heavy atom. The van der Waals surface area contributed by atoms with E-state index in [-0.39, 0.29) is 24.7 Å². The fourth-order valence-corrected chi connectivity index (χ4v) is 1.44. The van der Waals surface area contributed by atoms with Gasteiger partial charge in [0.05, 0.1) is 6.42 Å². The monoisotopic (exact) mass is 292 g/mol. The fraction of sp³-hybridized carbons (Fsp3) is 0.400. The molecule has 0 saturated heterocycles. The standard InChI is InChI=1S/C15H20N2O4/c1-15(2,3)14(21)17-11-6-4-5-10(9-11)16-12(18)7-8-13(19)20/h4-6,9H,7-8H2,1-3H3,(H,16,18)(H,17,21)(H,19,20). The van der Waals surface area contributed by atoms with Crippen molar-refractivity contribution in [3.05, 3.63) is 24.3 Å². The SMILES string of the molecule is CC(C)(C)C(=O)Nc1cccc(NC(=O)CCC(=O)O)c1. The van der Waals surface area contributed by atoms with Crippen LogP contribution in [0.3, 0.4) is 0 Å². The zero-order chi connectivity index (χ0) is 16.0. The van der Waals surface area contributed by atoms with Crippen molar-refractivity contribution in [3.63, 3.8) is 0 Å². The molecule has 0 atom stereocenters. The van der Waals surface area contributed by atoms with Gasteiger partial charge >= 0.3 is 5.97 Å². The summed E-state index contributed by atoms with van der Waals surface area (Å²) in [6.07, 6.45) is -0.305. The van der Waals surface area contributed by atoms with Crippen LogP contribution in [0.4, 0.5) is 11.4 Å². The lowest BCUT2D eigenvalue weighted by molar-refractivity contribution is -0.138. The fourth-order valence-electron chi connectivity index (χ4n) is 1.44. The second-order valence-electron chi connectivity index (χ2n) is 5.73. The maximum absolute atomic E-state index is 11.9. The molecule has 0 bridgehead atoms. The van der Waals surface area contributed by atoms with Crippen LogP contribution in [-0.2, 0) is 14.4 Å². The average molecular weight is 292 g/mol. The molecule has 2 amide bonds. The van der Waals surface area contributed by atoms with Gasteiger partial charge in [0.1, 0.15) is 0 Å². The van der Waals surface area contributed by atoms with Gasteiger partial charge in [-0.05, 0) is 18.2 Å². The molecule has 0 heterocycles. The molecule has 0 aliphatic heterocycles. The van der Waals surface area contributed by atoms with Gasteiger partial charge in [0.2, 0.25) is 11.8 Å². The Bertz CT molecular complexity index is 547. The normalized spacial score (nSPS) is 10.8. The van der Waals surface area contributed by atoms with Gasteiger partial charge in [-0.15, -0.1) is 0 Å². The number of carbonyl (C=O) groups is 3. The minimum atomic E-state index is -1.02. The number of hydrogen-bond acceptors (Lipinski definition) is 3. The van der Waals surface area contributed by atoms with E-state index in [0.717, 1.165) is 0 Å². The van der Waals surface area contributed by atoms with Crippen molar-refractivity contribution < 1.29 is 19.5 Å². The van der Waals surface area contributed by atoms with Crippen molar-refractivity contribution in [2.75, 3.05) is 10.6 Å². The van der Waals surface area contributed by atoms with Crippen molar-refractivity contribution in [2.45, 2.75) is 33.6 Å². The molecule has 0 aromatic heterocycles. The maximum Gasteiger partial charge on any atom is 0.303 e. The molecule has 6 nitrogen and oxygen atoms in total. The van der Waals surface area contributed by atoms with Crippen LogP contribution in [0.5, 0.6) is 0 Å². The second kappa shape index (κ2) is 6.88. The summed E-state index contributed by atoms with van der Waals surface area (Å²) in [5.41, 5.74) is 0.573. The Balaban J connectivity index is 2.66. The summed E-state index contributed by atoms with van der Waals surface area (Å²) in [4.78, 5) is 33.8. The van der Waals surface area contributed by atoms with E-state index in [9.17, 15) is 14.4 Å². The molecule has 3 N–H and O–H groups in total. The summed E-state index contributed by atoms with van der Waals surface area (Å²) in [6.45, 7) is 5.42. The van der Waals surface area contributed by atoms with Crippen LogP contribution in [0, 0.1) is 5.41 Å². The molecule has 0 fully saturated rings. The van der Waals surface area contributed by atoms with Crippen molar-refractivity contribution in [1.82, 2.24) is 0 Å². The summed E-state index contributed by atoms with van der Waals surface area (Å²) in [7, 11) is 0. The Morgan fingerprint density at radius 3 is 2.14 bits per heavy atom. The van der Waals surface area contributed by atoms with E-state index in [0.29, 0.717) is 11.4 Å². The third-order valence-electron chi connectivity index (χ3n) is 2.65. The van der Waals surface area contributed by atoms with E-state index in [1.807, 2.05) is 0 Å². The van der Waals surface area contributed by atoms with Crippen LogP contribution < -0.4 is 10.6 Å². The van der Waals surface area contributed by atoms with Gasteiger partial charge in [0.15, 0.2) is 0 Å². The van der Waals surface area contributed by atoms with Gasteiger partial charge in [-0.25, -0.2) is 0 Å². The maximum atomic E-state index is 11.9. The highest BCUT2D eigenvalue weighted by Crippen LogP contribution is 2.20. The van der Waals surface area contributed by atoms with Crippen LogP contribution in [0.25, 0.3) is 0 Å². The predicted octanol–water partition coefficient (Wildman–Crippen LogP) is 2.47. The van der Waals surface area contributed by atoms with Gasteiger partial charge in [0, 0.05) is 23.2 Å². The molecule has 21 heavy (non-hydrogen) atoms. The van der Waals surface area contributed by atoms with E-state index in [4.69, 9.17) is 5.11 Å². The van der Waals surface area contributed by atoms with Crippen LogP contribution in [0.15, 0.2) is 24.3 Å². The first kappa shape index (κ1) is 16.7. The zero-order valence-corrected chi connectivity index (χ0v) is 12.4. The number of aliphatic carboxylic acids is 1. The van der Waals surface area contributed by atoms with Crippen LogP contribution >= 0.6 is 0 Å². The van der Waals surface area contributed by atoms with E-state index in [1.165, 1.54) is 0 Å². The van der Waals surface area contributed by atoms with Gasteiger partial charge in [-0.3, -0.25) is 14.4 Å². The predicted molar refractivity (Wildman–Crippen MR) is 80.0 cm³/mol. The molecule has 114 valence electrons. The van der Waals surface area contributed by atoms with E-state index >= 15 is 0 Å². The largest absolute Gasteiger partial charge is 0.481 e. The number of anilines is 2. The van der Waals surface area contributed by atoms with Crippen molar-refractivity contribution >= 4 is 29.2 Å². The van der Waals surface area contributed by atoms with Crippen molar-refractivity contribution in [3.8, 4) is 0 Å². The molecule has 0 aliphatic rings. The highest BCUT2D eigenvalue weighted by atomic mass is 16.4. The lowest BCUT2D eigenvalue weighted by Gasteiger charge is -2.18. The summed E-state index contributed by atoms with van der Waals surface area (Å²) in [5, 5.41) is 13.9. The number of rotatable bonds is 5. The molecule has 0 spiro atoms. The quantitative estimate of drug-likeness (QED) is 0.776. The van der Waals surface area contributed by atoms with Crippen LogP contribution in [0.2, 0.25) is 0 Å². The minimum Gasteiger partial charge on any atom is -0.481 e. The average Bonchev–Trinajstić information content (AvgIpc) is 2.35. The molecule has 0 saturated carbocycles. The number of hydrogen-bond donors (Lipinski definition) is 3. The lowest BCUT2D eigenvalue weighted by Crippen LogP contribution is -2.27. The Morgan fingerprint density at radius 1 is 1.05 bits per heavy atom. The molecule has 0 unspecified atom stereocenters. The van der Waals surface area contributed by atoms with E-state index < -0.39 is 11.4 Å². The van der Waals surface area contributed by atoms with Gasteiger partial charge < -0.3 is 15.7 Å². The third-order valence-corrected chi connectivity index (χ3v) is 2.65. The first-order valence-electron chi connectivity index (χ1n) is 6.61. The highest BCUT2D eigenvalue weighted by Gasteiger charge is 2.21. The number of carboxylic acid groups (broad SMARTS) is 1. The van der Waals surface area contributed by atoms with Crippen LogP contribution in [-0.4, -0.2) is 22.9 Å². The smallest absolute Gasteiger partial charge is 0.303 e. The van der Waals surface area contributed by atoms with Crippen molar-refractivity contribution in [1.29, 1.82) is 0 Å². The number of nitrogens with one attached hydrogen (secondary N) is 2. The van der Waals surface area contributed by atoms with Gasteiger partial charge in [-0.2, -0.15) is 0 Å². The van der Waals surface area contributed by atoms with E-state index in [1.54, 1.807) is 45.0 Å². The summed E-state index contributed by atoms with van der Waals surface area (Å²) in [5.74, 6) is -1.52. The first-order valence-corrected chi connectivity index (χ1v) is 6.61. The van der Waals surface area contributed by atoms with Crippen LogP contribution in [0.1, 0.15) is 33.6 Å². The lowest BCUT2D eigenvalue weighted by atomic mass is 9.95. The molecule has 1 rings (SSSR count). The second-order valence-corrected chi connectivity index (χ2v) is 5.73. The third kappa shape index (κ3) is 6.07. The number of carbonyl (C=O) groups excluding carboxylic acids is 2. The molecular formula is C15H20N2O4. The van der Waals surface area contributed by atoms with Gasteiger partial charge in [0.25, 0.3) is 0 Å². The topological polar surface area (TPSA) is 95.5 Å². The Labute approximate surface area is 123 Å². The highest BCUT2D eigenvalue weighted by molar-refractivity contribution is 5.96. The Kier molecular flexibility index (Phi) is 5.46. The molecule has 6 heteroatoms. The first-order chi connectivity index (χ1) is 9.68. The Hall–Kier alpha value is -2.37. The van der Waals surface area contributed by atoms with Gasteiger partial charge in [-0.1, -0.05) is 26.8 Å².